The van der Waals surface area contributed by atoms with Gasteiger partial charge in [-0.1, -0.05) is 12.1 Å². The molecule has 0 saturated carbocycles. The molecule has 1 aromatic rings. The number of benzene rings is 1. The maximum Gasteiger partial charge on any atom is 0.244 e. The van der Waals surface area contributed by atoms with Gasteiger partial charge in [0.2, 0.25) is 20.0 Å². The van der Waals surface area contributed by atoms with Crippen LogP contribution >= 0.6 is 0 Å². The fourth-order valence-corrected chi connectivity index (χ4v) is 6.86. The third kappa shape index (κ3) is 3.03. The Labute approximate surface area is 137 Å². The van der Waals surface area contributed by atoms with Crippen molar-refractivity contribution in [2.45, 2.75) is 35.1 Å². The molecule has 2 saturated heterocycles. The van der Waals surface area contributed by atoms with Crippen molar-refractivity contribution in [3.05, 3.63) is 24.3 Å². The molecule has 2 heterocycles. The quantitative estimate of drug-likeness (QED) is 0.827. The fourth-order valence-electron chi connectivity index (χ4n) is 3.06. The van der Waals surface area contributed by atoms with Crippen LogP contribution in [-0.2, 0) is 20.0 Å². The molecular formula is C14H21N3O4S2. The molecule has 1 aromatic carbocycles. The van der Waals surface area contributed by atoms with Crippen molar-refractivity contribution < 1.29 is 16.8 Å². The molecule has 0 aliphatic carbocycles. The van der Waals surface area contributed by atoms with E-state index in [2.05, 4.69) is 0 Å². The van der Waals surface area contributed by atoms with Crippen LogP contribution in [0.15, 0.2) is 34.1 Å². The average Bonchev–Trinajstić information content (AvgIpc) is 3.19. The Bertz CT molecular complexity index is 786. The van der Waals surface area contributed by atoms with E-state index in [-0.39, 0.29) is 22.4 Å². The topological polar surface area (TPSA) is 101 Å². The standard InChI is InChI=1S/C14H21N3O4S2/c15-12-7-10-17(11-12)23(20,21)14-6-2-1-5-13(14)22(18,19)16-8-3-4-9-16/h1-2,5-6,12H,3-4,7-11,15H2/t12-/m1/s1. The summed E-state index contributed by atoms with van der Waals surface area (Å²) in [5.41, 5.74) is 5.79. The Morgan fingerprint density at radius 1 is 0.870 bits per heavy atom. The summed E-state index contributed by atoms with van der Waals surface area (Å²) in [7, 11) is -7.67. The van der Waals surface area contributed by atoms with E-state index >= 15 is 0 Å². The molecular weight excluding hydrogens is 338 g/mol. The first-order valence-corrected chi connectivity index (χ1v) is 10.6. The third-order valence-corrected chi connectivity index (χ3v) is 8.35. The largest absolute Gasteiger partial charge is 0.326 e. The highest BCUT2D eigenvalue weighted by atomic mass is 32.2. The van der Waals surface area contributed by atoms with E-state index in [0.29, 0.717) is 26.1 Å². The molecule has 2 aliphatic rings. The molecule has 2 fully saturated rings. The van der Waals surface area contributed by atoms with Gasteiger partial charge in [-0.05, 0) is 31.4 Å². The Hall–Kier alpha value is -1.00. The summed E-state index contributed by atoms with van der Waals surface area (Å²) < 4.78 is 53.9. The van der Waals surface area contributed by atoms with Crippen molar-refractivity contribution in [3.63, 3.8) is 0 Å². The first-order valence-electron chi connectivity index (χ1n) is 7.68. The first-order chi connectivity index (χ1) is 10.8. The highest BCUT2D eigenvalue weighted by Gasteiger charge is 2.37. The lowest BCUT2D eigenvalue weighted by molar-refractivity contribution is 0.462. The van der Waals surface area contributed by atoms with Gasteiger partial charge >= 0.3 is 0 Å². The first kappa shape index (κ1) is 16.8. The monoisotopic (exact) mass is 359 g/mol. The highest BCUT2D eigenvalue weighted by Crippen LogP contribution is 2.29. The van der Waals surface area contributed by atoms with Crippen molar-refractivity contribution in [3.8, 4) is 0 Å². The molecule has 3 rings (SSSR count). The molecule has 0 unspecified atom stereocenters. The van der Waals surface area contributed by atoms with Gasteiger partial charge in [-0.2, -0.15) is 8.61 Å². The van der Waals surface area contributed by atoms with Gasteiger partial charge in [-0.15, -0.1) is 0 Å². The second-order valence-corrected chi connectivity index (χ2v) is 9.78. The van der Waals surface area contributed by atoms with Crippen LogP contribution in [0.25, 0.3) is 0 Å². The zero-order chi connectivity index (χ0) is 16.7. The smallest absolute Gasteiger partial charge is 0.244 e. The predicted octanol–water partition coefficient (Wildman–Crippen LogP) is 0.193. The molecule has 2 N–H and O–H groups in total. The molecule has 0 spiro atoms. The third-order valence-electron chi connectivity index (χ3n) is 4.34. The van der Waals surface area contributed by atoms with E-state index < -0.39 is 20.0 Å². The second-order valence-electron chi connectivity index (χ2n) is 5.97. The van der Waals surface area contributed by atoms with E-state index in [1.807, 2.05) is 0 Å². The van der Waals surface area contributed by atoms with E-state index in [1.54, 1.807) is 12.1 Å². The van der Waals surface area contributed by atoms with Gasteiger partial charge in [0.1, 0.15) is 9.79 Å². The summed E-state index contributed by atoms with van der Waals surface area (Å²) in [6.07, 6.45) is 2.19. The lowest BCUT2D eigenvalue weighted by atomic mass is 10.3. The average molecular weight is 359 g/mol. The van der Waals surface area contributed by atoms with Gasteiger partial charge < -0.3 is 5.73 Å². The number of nitrogens with zero attached hydrogens (tertiary/aromatic N) is 2. The molecule has 128 valence electrons. The molecule has 23 heavy (non-hydrogen) atoms. The van der Waals surface area contributed by atoms with Gasteiger partial charge in [0.25, 0.3) is 0 Å². The van der Waals surface area contributed by atoms with Gasteiger partial charge in [0, 0.05) is 32.2 Å². The maximum atomic E-state index is 12.8. The molecule has 0 bridgehead atoms. The molecule has 0 radical (unpaired) electrons. The molecule has 2 aliphatic heterocycles. The van der Waals surface area contributed by atoms with Crippen LogP contribution in [0.1, 0.15) is 19.3 Å². The van der Waals surface area contributed by atoms with Crippen LogP contribution in [0.3, 0.4) is 0 Å². The van der Waals surface area contributed by atoms with Crippen LogP contribution in [-0.4, -0.2) is 57.7 Å². The number of nitrogens with two attached hydrogens (primary N) is 1. The number of hydrogen-bond acceptors (Lipinski definition) is 5. The van der Waals surface area contributed by atoms with Crippen molar-refractivity contribution in [2.24, 2.45) is 5.73 Å². The normalized spacial score (nSPS) is 24.3. The van der Waals surface area contributed by atoms with E-state index in [0.717, 1.165) is 12.8 Å². The summed E-state index contributed by atoms with van der Waals surface area (Å²) in [6, 6.07) is 5.63. The SMILES string of the molecule is N[C@@H]1CCN(S(=O)(=O)c2ccccc2S(=O)(=O)N2CCCC2)C1. The van der Waals surface area contributed by atoms with E-state index in [9.17, 15) is 16.8 Å². The maximum absolute atomic E-state index is 12.8. The lowest BCUT2D eigenvalue weighted by Crippen LogP contribution is -2.34. The molecule has 1 atom stereocenters. The van der Waals surface area contributed by atoms with Crippen LogP contribution in [0, 0.1) is 0 Å². The van der Waals surface area contributed by atoms with Crippen LogP contribution in [0.5, 0.6) is 0 Å². The van der Waals surface area contributed by atoms with Crippen molar-refractivity contribution in [1.29, 1.82) is 0 Å². The zero-order valence-electron chi connectivity index (χ0n) is 12.8. The Balaban J connectivity index is 2.04. The van der Waals surface area contributed by atoms with Crippen molar-refractivity contribution >= 4 is 20.0 Å². The fraction of sp³-hybridized carbons (Fsp3) is 0.571. The van der Waals surface area contributed by atoms with Crippen LogP contribution < -0.4 is 5.73 Å². The van der Waals surface area contributed by atoms with E-state index in [1.165, 1.54) is 20.7 Å². The minimum absolute atomic E-state index is 0.137. The summed E-state index contributed by atoms with van der Waals surface area (Å²) in [5.74, 6) is 0. The molecule has 0 aromatic heterocycles. The van der Waals surface area contributed by atoms with Gasteiger partial charge in [0.15, 0.2) is 0 Å². The Morgan fingerprint density at radius 2 is 1.39 bits per heavy atom. The lowest BCUT2D eigenvalue weighted by Gasteiger charge is -2.21. The minimum Gasteiger partial charge on any atom is -0.326 e. The summed E-state index contributed by atoms with van der Waals surface area (Å²) in [6.45, 7) is 1.42. The number of sulfonamides is 2. The summed E-state index contributed by atoms with van der Waals surface area (Å²) in [5, 5.41) is 0. The van der Waals surface area contributed by atoms with Crippen molar-refractivity contribution in [1.82, 2.24) is 8.61 Å². The second kappa shape index (κ2) is 6.14. The molecule has 7 nitrogen and oxygen atoms in total. The zero-order valence-corrected chi connectivity index (χ0v) is 14.4. The van der Waals surface area contributed by atoms with Gasteiger partial charge in [0.05, 0.1) is 0 Å². The molecule has 0 amide bonds. The number of hydrogen-bond donors (Lipinski definition) is 1. The molecule has 9 heteroatoms. The van der Waals surface area contributed by atoms with Crippen LogP contribution in [0.2, 0.25) is 0 Å². The number of rotatable bonds is 4. The minimum atomic E-state index is -3.87. The summed E-state index contributed by atoms with van der Waals surface area (Å²) >= 11 is 0. The van der Waals surface area contributed by atoms with E-state index in [4.69, 9.17) is 5.73 Å². The van der Waals surface area contributed by atoms with Crippen molar-refractivity contribution in [2.75, 3.05) is 26.2 Å². The van der Waals surface area contributed by atoms with Crippen LogP contribution in [0.4, 0.5) is 0 Å². The summed E-state index contributed by atoms with van der Waals surface area (Å²) in [4.78, 5) is -0.289. The predicted molar refractivity (Wildman–Crippen MR) is 85.8 cm³/mol. The van der Waals surface area contributed by atoms with Gasteiger partial charge in [-0.3, -0.25) is 0 Å². The highest BCUT2D eigenvalue weighted by molar-refractivity contribution is 7.92. The Morgan fingerprint density at radius 3 is 1.87 bits per heavy atom. The van der Waals surface area contributed by atoms with Gasteiger partial charge in [-0.25, -0.2) is 16.8 Å². The Kier molecular flexibility index (Phi) is 4.49.